The minimum absolute atomic E-state index is 0.0261. The van der Waals surface area contributed by atoms with Crippen molar-refractivity contribution in [3.63, 3.8) is 0 Å². The molecule has 0 bridgehead atoms. The Morgan fingerprint density at radius 2 is 1.92 bits per heavy atom. The van der Waals surface area contributed by atoms with Crippen LogP contribution in [0.15, 0.2) is 36.7 Å². The molecule has 1 fully saturated rings. The third-order valence-electron chi connectivity index (χ3n) is 4.44. The number of nitrogens with zero attached hydrogens (tertiary/aromatic N) is 2. The number of halogens is 3. The van der Waals surface area contributed by atoms with Crippen LogP contribution < -0.4 is 5.32 Å². The molecular formula is C18H16ClF2N3O2. The highest BCUT2D eigenvalue weighted by molar-refractivity contribution is 6.30. The number of aromatic nitrogens is 2. The Hall–Kier alpha value is -2.41. The van der Waals surface area contributed by atoms with Crippen LogP contribution in [0.1, 0.15) is 34.6 Å². The summed E-state index contributed by atoms with van der Waals surface area (Å²) in [5, 5.41) is 2.55. The Morgan fingerprint density at radius 1 is 1.23 bits per heavy atom. The zero-order chi connectivity index (χ0) is 18.7. The fraction of sp³-hybridized carbons (Fsp3) is 0.333. The summed E-state index contributed by atoms with van der Waals surface area (Å²) in [6.45, 7) is -0.516. The van der Waals surface area contributed by atoms with E-state index in [1.54, 1.807) is 0 Å². The quantitative estimate of drug-likeness (QED) is 0.751. The van der Waals surface area contributed by atoms with Crippen LogP contribution in [0.2, 0.25) is 5.02 Å². The first-order valence-corrected chi connectivity index (χ1v) is 8.43. The zero-order valence-corrected chi connectivity index (χ0v) is 14.5. The highest BCUT2D eigenvalue weighted by atomic mass is 35.5. The van der Waals surface area contributed by atoms with Gasteiger partial charge in [-0.3, -0.25) is 9.59 Å². The second kappa shape index (κ2) is 7.45. The predicted molar refractivity (Wildman–Crippen MR) is 91.4 cm³/mol. The molecule has 26 heavy (non-hydrogen) atoms. The molecule has 0 radical (unpaired) electrons. The lowest BCUT2D eigenvalue weighted by Gasteiger charge is -2.15. The topological polar surface area (TPSA) is 72.0 Å². The van der Waals surface area contributed by atoms with Crippen LogP contribution >= 0.6 is 11.6 Å². The molecule has 1 N–H and O–H groups in total. The lowest BCUT2D eigenvalue weighted by atomic mass is 9.92. The molecule has 1 aliphatic carbocycles. The maximum atomic E-state index is 12.1. The average molecular weight is 380 g/mol. The summed E-state index contributed by atoms with van der Waals surface area (Å²) < 4.78 is 24.2. The third kappa shape index (κ3) is 4.22. The number of amides is 1. The number of carbonyl (C=O) groups excluding carboxylic acids is 2. The highest BCUT2D eigenvalue weighted by Gasteiger charge is 2.44. The molecule has 0 aliphatic heterocycles. The van der Waals surface area contributed by atoms with Crippen LogP contribution in [0.4, 0.5) is 8.78 Å². The minimum Gasteiger partial charge on any atom is -0.344 e. The number of Topliss-reactive ketones (excluding diaryl/α,β-unsaturated/α-hetero) is 1. The van der Waals surface area contributed by atoms with Crippen molar-refractivity contribution in [2.75, 3.05) is 6.54 Å². The molecule has 5 nitrogen and oxygen atoms in total. The summed E-state index contributed by atoms with van der Waals surface area (Å²) in [4.78, 5) is 31.1. The highest BCUT2D eigenvalue weighted by Crippen LogP contribution is 2.50. The van der Waals surface area contributed by atoms with E-state index in [0.29, 0.717) is 17.3 Å². The number of benzene rings is 1. The van der Waals surface area contributed by atoms with Crippen molar-refractivity contribution in [2.45, 2.75) is 31.1 Å². The van der Waals surface area contributed by atoms with E-state index in [1.165, 1.54) is 12.4 Å². The zero-order valence-electron chi connectivity index (χ0n) is 13.7. The van der Waals surface area contributed by atoms with Gasteiger partial charge in [0.15, 0.2) is 5.78 Å². The Bertz CT molecular complexity index is 823. The molecule has 1 aromatic carbocycles. The summed E-state index contributed by atoms with van der Waals surface area (Å²) >= 11 is 6.06. The second-order valence-electron chi connectivity index (χ2n) is 6.30. The smallest absolute Gasteiger partial charge is 0.315 e. The Kier molecular flexibility index (Phi) is 5.27. The largest absolute Gasteiger partial charge is 0.344 e. The van der Waals surface area contributed by atoms with Gasteiger partial charge >= 0.3 is 6.43 Å². The van der Waals surface area contributed by atoms with Crippen molar-refractivity contribution in [3.05, 3.63) is 58.6 Å². The van der Waals surface area contributed by atoms with Crippen LogP contribution in [-0.4, -0.2) is 34.6 Å². The van der Waals surface area contributed by atoms with Gasteiger partial charge in [0.2, 0.25) is 0 Å². The van der Waals surface area contributed by atoms with Gasteiger partial charge in [-0.1, -0.05) is 23.7 Å². The van der Waals surface area contributed by atoms with Gasteiger partial charge in [-0.25, -0.2) is 9.97 Å². The third-order valence-corrected chi connectivity index (χ3v) is 4.67. The molecule has 1 heterocycles. The fourth-order valence-corrected chi connectivity index (χ4v) is 2.97. The Morgan fingerprint density at radius 3 is 2.50 bits per heavy atom. The lowest BCUT2D eigenvalue weighted by molar-refractivity contribution is -0.131. The maximum absolute atomic E-state index is 12.1. The maximum Gasteiger partial charge on any atom is 0.315 e. The first-order valence-electron chi connectivity index (χ1n) is 8.06. The Labute approximate surface area is 153 Å². The molecule has 136 valence electrons. The van der Waals surface area contributed by atoms with E-state index in [2.05, 4.69) is 9.97 Å². The average Bonchev–Trinajstić information content (AvgIpc) is 3.40. The van der Waals surface area contributed by atoms with Gasteiger partial charge in [-0.05, 0) is 30.5 Å². The van der Waals surface area contributed by atoms with Gasteiger partial charge in [0.25, 0.3) is 5.91 Å². The molecule has 0 saturated heterocycles. The van der Waals surface area contributed by atoms with Gasteiger partial charge in [-0.15, -0.1) is 0 Å². The van der Waals surface area contributed by atoms with E-state index >= 15 is 0 Å². The molecule has 3 rings (SSSR count). The number of ketones is 1. The molecule has 1 aliphatic rings. The number of nitrogens with one attached hydrogen (secondary N) is 1. The van der Waals surface area contributed by atoms with Gasteiger partial charge in [-0.2, -0.15) is 8.78 Å². The van der Waals surface area contributed by atoms with Crippen LogP contribution in [0.3, 0.4) is 0 Å². The number of rotatable bonds is 7. The van der Waals surface area contributed by atoms with Gasteiger partial charge in [0.05, 0.1) is 12.1 Å². The normalized spacial score (nSPS) is 14.9. The number of carbonyl (C=O) groups is 2. The van der Waals surface area contributed by atoms with Crippen LogP contribution in [-0.2, 0) is 16.6 Å². The molecule has 8 heteroatoms. The first-order chi connectivity index (χ1) is 12.4. The van der Waals surface area contributed by atoms with Crippen LogP contribution in [0.5, 0.6) is 0 Å². The summed E-state index contributed by atoms with van der Waals surface area (Å²) in [7, 11) is 0. The van der Waals surface area contributed by atoms with Crippen molar-refractivity contribution in [1.29, 1.82) is 0 Å². The van der Waals surface area contributed by atoms with E-state index < -0.39 is 24.7 Å². The standard InChI is InChI=1S/C18H16ClF2N3O2/c19-13-3-1-2-12(6-13)18(4-5-18)7-15-22-8-11(9-23-15)14(25)10-24-17(26)16(20)21/h1-3,6,8-9,16H,4-5,7,10H2,(H,24,26). The van der Waals surface area contributed by atoms with E-state index in [4.69, 9.17) is 11.6 Å². The first kappa shape index (κ1) is 18.4. The lowest BCUT2D eigenvalue weighted by Crippen LogP contribution is -2.34. The van der Waals surface area contributed by atoms with Crippen LogP contribution in [0, 0.1) is 0 Å². The van der Waals surface area contributed by atoms with Crippen molar-refractivity contribution in [2.24, 2.45) is 0 Å². The van der Waals surface area contributed by atoms with Crippen molar-refractivity contribution in [3.8, 4) is 0 Å². The fourth-order valence-electron chi connectivity index (χ4n) is 2.78. The predicted octanol–water partition coefficient (Wildman–Crippen LogP) is 2.97. The van der Waals surface area contributed by atoms with Crippen molar-refractivity contribution in [1.82, 2.24) is 15.3 Å². The second-order valence-corrected chi connectivity index (χ2v) is 6.73. The molecule has 0 atom stereocenters. The van der Waals surface area contributed by atoms with E-state index in [0.717, 1.165) is 18.4 Å². The minimum atomic E-state index is -3.15. The summed E-state index contributed by atoms with van der Waals surface area (Å²) in [6.07, 6.45) is 2.21. The van der Waals surface area contributed by atoms with Gasteiger partial charge in [0.1, 0.15) is 5.82 Å². The van der Waals surface area contributed by atoms with Gasteiger partial charge < -0.3 is 5.32 Å². The van der Waals surface area contributed by atoms with Gasteiger partial charge in [0, 0.05) is 29.3 Å². The number of hydrogen-bond donors (Lipinski definition) is 1. The van der Waals surface area contributed by atoms with E-state index in [1.807, 2.05) is 29.6 Å². The monoisotopic (exact) mass is 379 g/mol. The van der Waals surface area contributed by atoms with E-state index in [9.17, 15) is 18.4 Å². The molecule has 1 amide bonds. The van der Waals surface area contributed by atoms with E-state index in [-0.39, 0.29) is 11.0 Å². The molecule has 1 saturated carbocycles. The molecule has 0 unspecified atom stereocenters. The van der Waals surface area contributed by atoms with Crippen molar-refractivity contribution >= 4 is 23.3 Å². The molecular weight excluding hydrogens is 364 g/mol. The molecule has 2 aromatic rings. The Balaban J connectivity index is 1.63. The van der Waals surface area contributed by atoms with Crippen molar-refractivity contribution < 1.29 is 18.4 Å². The summed E-state index contributed by atoms with van der Waals surface area (Å²) in [6, 6.07) is 7.71. The number of hydrogen-bond acceptors (Lipinski definition) is 4. The molecule has 0 spiro atoms. The molecule has 1 aromatic heterocycles. The number of alkyl halides is 2. The van der Waals surface area contributed by atoms with Crippen LogP contribution in [0.25, 0.3) is 0 Å². The SMILES string of the molecule is O=C(CNC(=O)C(F)F)c1cnc(CC2(c3cccc(Cl)c3)CC2)nc1. The summed E-state index contributed by atoms with van der Waals surface area (Å²) in [5.41, 5.74) is 1.28. The summed E-state index contributed by atoms with van der Waals surface area (Å²) in [5.74, 6) is -1.41.